The summed E-state index contributed by atoms with van der Waals surface area (Å²) in [5, 5.41) is 3.75. The lowest BCUT2D eigenvalue weighted by atomic mass is 9.87. The van der Waals surface area contributed by atoms with Gasteiger partial charge in [-0.1, -0.05) is 30.3 Å². The van der Waals surface area contributed by atoms with Gasteiger partial charge in [0.25, 0.3) is 0 Å². The molecule has 0 aliphatic carbocycles. The van der Waals surface area contributed by atoms with Crippen molar-refractivity contribution in [1.29, 1.82) is 0 Å². The van der Waals surface area contributed by atoms with E-state index in [2.05, 4.69) is 61.3 Å². The highest BCUT2D eigenvalue weighted by atomic mass is 16.5. The number of hydrogen-bond acceptors (Lipinski definition) is 3. The predicted octanol–water partition coefficient (Wildman–Crippen LogP) is 2.62. The molecule has 0 radical (unpaired) electrons. The molecule has 0 amide bonds. The van der Waals surface area contributed by atoms with Crippen molar-refractivity contribution in [3.63, 3.8) is 0 Å². The average Bonchev–Trinajstić information content (AvgIpc) is 2.89. The zero-order valence-corrected chi connectivity index (χ0v) is 13.5. The molecule has 3 rings (SSSR count). The predicted molar refractivity (Wildman–Crippen MR) is 86.4 cm³/mol. The molecule has 0 spiro atoms. The molecule has 4 unspecified atom stereocenters. The van der Waals surface area contributed by atoms with Crippen LogP contribution in [-0.2, 0) is 10.3 Å². The number of benzene rings is 1. The molecule has 1 aromatic rings. The fourth-order valence-corrected chi connectivity index (χ4v) is 3.68. The Balaban J connectivity index is 1.72. The van der Waals surface area contributed by atoms with E-state index in [1.807, 2.05) is 0 Å². The van der Waals surface area contributed by atoms with Gasteiger partial charge in [-0.3, -0.25) is 4.90 Å². The molecule has 0 bridgehead atoms. The van der Waals surface area contributed by atoms with E-state index in [4.69, 9.17) is 4.74 Å². The van der Waals surface area contributed by atoms with E-state index in [9.17, 15) is 0 Å². The minimum Gasteiger partial charge on any atom is -0.378 e. The second-order valence-electron chi connectivity index (χ2n) is 6.98. The van der Waals surface area contributed by atoms with Crippen molar-refractivity contribution >= 4 is 0 Å². The van der Waals surface area contributed by atoms with Crippen LogP contribution in [0.5, 0.6) is 0 Å². The van der Waals surface area contributed by atoms with Crippen LogP contribution in [0.3, 0.4) is 0 Å². The maximum atomic E-state index is 5.74. The van der Waals surface area contributed by atoms with Crippen LogP contribution in [0.4, 0.5) is 0 Å². The molecule has 2 saturated heterocycles. The van der Waals surface area contributed by atoms with Crippen molar-refractivity contribution in [1.82, 2.24) is 10.2 Å². The summed E-state index contributed by atoms with van der Waals surface area (Å²) in [5.74, 6) is 0.686. The monoisotopic (exact) mass is 288 g/mol. The molecular formula is C18H28N2O. The minimum absolute atomic E-state index is 0.0521. The summed E-state index contributed by atoms with van der Waals surface area (Å²) >= 11 is 0. The average molecular weight is 288 g/mol. The zero-order chi connectivity index (χ0) is 14.9. The molecule has 2 heterocycles. The molecule has 2 aliphatic rings. The van der Waals surface area contributed by atoms with Crippen LogP contribution in [0.1, 0.15) is 32.8 Å². The normalized spacial score (nSPS) is 37.8. The number of nitrogens with zero attached hydrogens (tertiary/aromatic N) is 1. The molecular weight excluding hydrogens is 260 g/mol. The van der Waals surface area contributed by atoms with Gasteiger partial charge < -0.3 is 10.1 Å². The van der Waals surface area contributed by atoms with Crippen LogP contribution in [-0.4, -0.2) is 43.3 Å². The summed E-state index contributed by atoms with van der Waals surface area (Å²) < 4.78 is 5.74. The third-order valence-electron chi connectivity index (χ3n) is 5.34. The summed E-state index contributed by atoms with van der Waals surface area (Å²) in [7, 11) is 0. The van der Waals surface area contributed by atoms with Gasteiger partial charge in [0.05, 0.1) is 11.6 Å². The first-order valence-electron chi connectivity index (χ1n) is 8.25. The second kappa shape index (κ2) is 6.07. The molecule has 2 aliphatic heterocycles. The number of nitrogens with one attached hydrogen (secondary N) is 1. The van der Waals surface area contributed by atoms with Crippen molar-refractivity contribution in [3.8, 4) is 0 Å². The molecule has 21 heavy (non-hydrogen) atoms. The Morgan fingerprint density at radius 3 is 2.71 bits per heavy atom. The van der Waals surface area contributed by atoms with Crippen molar-refractivity contribution in [2.24, 2.45) is 5.92 Å². The number of ether oxygens (including phenoxy) is 1. The van der Waals surface area contributed by atoms with E-state index < -0.39 is 0 Å². The standard InChI is InChI=1S/C18H28N2O/c1-14-11-19-18(3,17-7-5-4-6-8-17)13-20(14)12-16-9-10-21-15(16)2/h4-8,14-16,19H,9-13H2,1-3H3. The summed E-state index contributed by atoms with van der Waals surface area (Å²) in [6.07, 6.45) is 1.62. The highest BCUT2D eigenvalue weighted by molar-refractivity contribution is 5.25. The van der Waals surface area contributed by atoms with E-state index in [0.29, 0.717) is 18.1 Å². The van der Waals surface area contributed by atoms with Crippen LogP contribution >= 0.6 is 0 Å². The van der Waals surface area contributed by atoms with Gasteiger partial charge in [0.2, 0.25) is 0 Å². The smallest absolute Gasteiger partial charge is 0.0588 e. The largest absolute Gasteiger partial charge is 0.378 e. The fraction of sp³-hybridized carbons (Fsp3) is 0.667. The lowest BCUT2D eigenvalue weighted by Gasteiger charge is -2.46. The first-order chi connectivity index (χ1) is 10.1. The van der Waals surface area contributed by atoms with Gasteiger partial charge in [-0.05, 0) is 38.7 Å². The summed E-state index contributed by atoms with van der Waals surface area (Å²) in [6.45, 7) is 11.1. The number of hydrogen-bond donors (Lipinski definition) is 1. The topological polar surface area (TPSA) is 24.5 Å². The van der Waals surface area contributed by atoms with Crippen LogP contribution in [0.15, 0.2) is 30.3 Å². The molecule has 3 nitrogen and oxygen atoms in total. The van der Waals surface area contributed by atoms with Gasteiger partial charge in [0.15, 0.2) is 0 Å². The second-order valence-corrected chi connectivity index (χ2v) is 6.98. The van der Waals surface area contributed by atoms with E-state index in [0.717, 1.165) is 26.2 Å². The van der Waals surface area contributed by atoms with E-state index in [1.54, 1.807) is 0 Å². The molecule has 2 fully saturated rings. The van der Waals surface area contributed by atoms with Gasteiger partial charge in [-0.2, -0.15) is 0 Å². The SMILES string of the molecule is CC1OCCC1CN1CC(C)(c2ccccc2)NCC1C. The number of rotatable bonds is 3. The van der Waals surface area contributed by atoms with Crippen molar-refractivity contribution in [2.75, 3.05) is 26.2 Å². The Morgan fingerprint density at radius 1 is 1.29 bits per heavy atom. The third-order valence-corrected chi connectivity index (χ3v) is 5.34. The first kappa shape index (κ1) is 15.0. The quantitative estimate of drug-likeness (QED) is 0.925. The molecule has 0 aromatic heterocycles. The summed E-state index contributed by atoms with van der Waals surface area (Å²) in [5.41, 5.74) is 1.44. The summed E-state index contributed by atoms with van der Waals surface area (Å²) in [6, 6.07) is 11.4. The summed E-state index contributed by atoms with van der Waals surface area (Å²) in [4.78, 5) is 2.65. The van der Waals surface area contributed by atoms with Crippen LogP contribution in [0, 0.1) is 5.92 Å². The van der Waals surface area contributed by atoms with Crippen LogP contribution in [0.25, 0.3) is 0 Å². The number of piperazine rings is 1. The molecule has 4 atom stereocenters. The Morgan fingerprint density at radius 2 is 2.05 bits per heavy atom. The first-order valence-corrected chi connectivity index (χ1v) is 8.25. The Labute approximate surface area is 128 Å². The molecule has 0 saturated carbocycles. The lowest BCUT2D eigenvalue weighted by Crippen LogP contribution is -2.61. The third kappa shape index (κ3) is 3.15. The molecule has 3 heteroatoms. The molecule has 1 aromatic carbocycles. The van der Waals surface area contributed by atoms with Gasteiger partial charge >= 0.3 is 0 Å². The highest BCUT2D eigenvalue weighted by Gasteiger charge is 2.37. The van der Waals surface area contributed by atoms with Crippen molar-refractivity contribution in [2.45, 2.75) is 44.9 Å². The van der Waals surface area contributed by atoms with Crippen molar-refractivity contribution < 1.29 is 4.74 Å². The van der Waals surface area contributed by atoms with E-state index in [-0.39, 0.29) is 5.54 Å². The van der Waals surface area contributed by atoms with Crippen molar-refractivity contribution in [3.05, 3.63) is 35.9 Å². The highest BCUT2D eigenvalue weighted by Crippen LogP contribution is 2.29. The molecule has 116 valence electrons. The Bertz CT molecular complexity index is 464. The van der Waals surface area contributed by atoms with Crippen LogP contribution in [0.2, 0.25) is 0 Å². The van der Waals surface area contributed by atoms with Gasteiger partial charge in [-0.15, -0.1) is 0 Å². The van der Waals surface area contributed by atoms with E-state index in [1.165, 1.54) is 12.0 Å². The molecule has 1 N–H and O–H groups in total. The maximum Gasteiger partial charge on any atom is 0.0588 e. The Hall–Kier alpha value is -0.900. The lowest BCUT2D eigenvalue weighted by molar-refractivity contribution is 0.0528. The zero-order valence-electron chi connectivity index (χ0n) is 13.5. The van der Waals surface area contributed by atoms with E-state index >= 15 is 0 Å². The maximum absolute atomic E-state index is 5.74. The van der Waals surface area contributed by atoms with Gasteiger partial charge in [-0.25, -0.2) is 0 Å². The Kier molecular flexibility index (Phi) is 4.34. The minimum atomic E-state index is 0.0521. The fourth-order valence-electron chi connectivity index (χ4n) is 3.68. The van der Waals surface area contributed by atoms with Gasteiger partial charge in [0, 0.05) is 32.3 Å². The van der Waals surface area contributed by atoms with Gasteiger partial charge in [0.1, 0.15) is 0 Å². The van der Waals surface area contributed by atoms with Crippen LogP contribution < -0.4 is 5.32 Å².